The molecule has 0 amide bonds. The first-order chi connectivity index (χ1) is 9.11. The molecule has 100 valence electrons. The van der Waals surface area contributed by atoms with E-state index in [-0.39, 0.29) is 0 Å². The highest BCUT2D eigenvalue weighted by molar-refractivity contribution is 5.67. The normalized spacial score (nSPS) is 10.3. The Balaban J connectivity index is 2.23. The summed E-state index contributed by atoms with van der Waals surface area (Å²) in [6.07, 6.45) is 1.44. The lowest BCUT2D eigenvalue weighted by molar-refractivity contribution is 0.399. The maximum atomic E-state index is 5.97. The van der Waals surface area contributed by atoms with Gasteiger partial charge in [0.25, 0.3) is 0 Å². The van der Waals surface area contributed by atoms with Crippen molar-refractivity contribution in [2.75, 3.05) is 24.8 Å². The fourth-order valence-electron chi connectivity index (χ4n) is 1.84. The highest BCUT2D eigenvalue weighted by atomic mass is 16.5. The average Bonchev–Trinajstić information content (AvgIpc) is 2.39. The number of aromatic nitrogens is 3. The van der Waals surface area contributed by atoms with E-state index < -0.39 is 0 Å². The summed E-state index contributed by atoms with van der Waals surface area (Å²) in [5, 5.41) is 0. The number of anilines is 2. The molecule has 0 aliphatic heterocycles. The molecule has 0 aliphatic carbocycles. The SMILES string of the molecule is COc1ncnc(N(C)Cc2cccc(C)n2)c1N. The van der Waals surface area contributed by atoms with E-state index in [1.807, 2.05) is 37.1 Å². The van der Waals surface area contributed by atoms with Gasteiger partial charge >= 0.3 is 0 Å². The Bertz CT molecular complexity index is 573. The minimum Gasteiger partial charge on any atom is -0.479 e. The number of nitrogens with zero attached hydrogens (tertiary/aromatic N) is 4. The molecule has 0 saturated carbocycles. The number of hydrogen-bond donors (Lipinski definition) is 1. The van der Waals surface area contributed by atoms with Gasteiger partial charge in [-0.3, -0.25) is 4.98 Å². The quantitative estimate of drug-likeness (QED) is 0.894. The molecule has 19 heavy (non-hydrogen) atoms. The zero-order chi connectivity index (χ0) is 13.8. The molecular formula is C13H17N5O. The topological polar surface area (TPSA) is 77.2 Å². The number of ether oxygens (including phenoxy) is 1. The third-order valence-corrected chi connectivity index (χ3v) is 2.73. The fourth-order valence-corrected chi connectivity index (χ4v) is 1.84. The molecule has 2 aromatic rings. The molecule has 2 N–H and O–H groups in total. The molecule has 2 heterocycles. The van der Waals surface area contributed by atoms with E-state index in [1.165, 1.54) is 13.4 Å². The van der Waals surface area contributed by atoms with Crippen LogP contribution in [0.3, 0.4) is 0 Å². The van der Waals surface area contributed by atoms with E-state index in [2.05, 4.69) is 15.0 Å². The van der Waals surface area contributed by atoms with Crippen LogP contribution in [-0.2, 0) is 6.54 Å². The molecule has 0 bridgehead atoms. The van der Waals surface area contributed by atoms with Gasteiger partial charge in [-0.05, 0) is 19.1 Å². The van der Waals surface area contributed by atoms with Gasteiger partial charge in [0, 0.05) is 12.7 Å². The van der Waals surface area contributed by atoms with E-state index in [1.54, 1.807) is 0 Å². The van der Waals surface area contributed by atoms with Gasteiger partial charge in [-0.15, -0.1) is 0 Å². The zero-order valence-electron chi connectivity index (χ0n) is 11.3. The Morgan fingerprint density at radius 3 is 2.79 bits per heavy atom. The molecule has 0 spiro atoms. The van der Waals surface area contributed by atoms with Gasteiger partial charge in [-0.2, -0.15) is 4.98 Å². The number of methoxy groups -OCH3 is 1. The summed E-state index contributed by atoms with van der Waals surface area (Å²) >= 11 is 0. The Morgan fingerprint density at radius 2 is 2.11 bits per heavy atom. The van der Waals surface area contributed by atoms with Crippen molar-refractivity contribution in [2.45, 2.75) is 13.5 Å². The number of aryl methyl sites for hydroxylation is 1. The van der Waals surface area contributed by atoms with Crippen molar-refractivity contribution in [2.24, 2.45) is 0 Å². The van der Waals surface area contributed by atoms with Crippen molar-refractivity contribution >= 4 is 11.5 Å². The third-order valence-electron chi connectivity index (χ3n) is 2.73. The van der Waals surface area contributed by atoms with Crippen LogP contribution in [0.4, 0.5) is 11.5 Å². The van der Waals surface area contributed by atoms with Gasteiger partial charge in [0.2, 0.25) is 5.88 Å². The van der Waals surface area contributed by atoms with Crippen LogP contribution >= 0.6 is 0 Å². The van der Waals surface area contributed by atoms with Crippen molar-refractivity contribution in [3.8, 4) is 5.88 Å². The Hall–Kier alpha value is -2.37. The smallest absolute Gasteiger partial charge is 0.242 e. The van der Waals surface area contributed by atoms with Crippen LogP contribution in [0.25, 0.3) is 0 Å². The van der Waals surface area contributed by atoms with Crippen LogP contribution in [0, 0.1) is 6.92 Å². The van der Waals surface area contributed by atoms with Gasteiger partial charge in [-0.25, -0.2) is 4.98 Å². The predicted octanol–water partition coefficient (Wildman–Crippen LogP) is 1.41. The van der Waals surface area contributed by atoms with E-state index in [0.717, 1.165) is 11.4 Å². The average molecular weight is 259 g/mol. The first-order valence-corrected chi connectivity index (χ1v) is 5.90. The van der Waals surface area contributed by atoms with Gasteiger partial charge in [0.1, 0.15) is 12.0 Å². The lowest BCUT2D eigenvalue weighted by Crippen LogP contribution is -2.20. The predicted molar refractivity (Wildman–Crippen MR) is 74.1 cm³/mol. The van der Waals surface area contributed by atoms with Gasteiger partial charge in [0.15, 0.2) is 5.82 Å². The lowest BCUT2D eigenvalue weighted by Gasteiger charge is -2.20. The maximum Gasteiger partial charge on any atom is 0.242 e. The van der Waals surface area contributed by atoms with Crippen molar-refractivity contribution in [3.05, 3.63) is 35.9 Å². The molecule has 0 aliphatic rings. The van der Waals surface area contributed by atoms with Gasteiger partial charge < -0.3 is 15.4 Å². The summed E-state index contributed by atoms with van der Waals surface area (Å²) in [4.78, 5) is 14.5. The zero-order valence-corrected chi connectivity index (χ0v) is 11.3. The van der Waals surface area contributed by atoms with Crippen LogP contribution in [0.15, 0.2) is 24.5 Å². The second-order valence-corrected chi connectivity index (χ2v) is 4.25. The second kappa shape index (κ2) is 5.51. The van der Waals surface area contributed by atoms with E-state index in [9.17, 15) is 0 Å². The molecule has 6 nitrogen and oxygen atoms in total. The standard InChI is InChI=1S/C13H17N5O/c1-9-5-4-6-10(17-9)7-18(2)12-11(14)13(19-3)16-8-15-12/h4-6,8H,7,14H2,1-3H3. The summed E-state index contributed by atoms with van der Waals surface area (Å²) in [6, 6.07) is 5.92. The molecule has 2 aromatic heterocycles. The summed E-state index contributed by atoms with van der Waals surface area (Å²) in [7, 11) is 3.44. The minimum atomic E-state index is 0.383. The summed E-state index contributed by atoms with van der Waals surface area (Å²) in [5.41, 5.74) is 8.34. The molecule has 0 radical (unpaired) electrons. The minimum absolute atomic E-state index is 0.383. The van der Waals surface area contributed by atoms with E-state index >= 15 is 0 Å². The van der Waals surface area contributed by atoms with Crippen LogP contribution < -0.4 is 15.4 Å². The Kier molecular flexibility index (Phi) is 3.79. The Labute approximate surface area is 112 Å². The molecule has 0 fully saturated rings. The number of rotatable bonds is 4. The largest absolute Gasteiger partial charge is 0.479 e. The Morgan fingerprint density at radius 1 is 1.32 bits per heavy atom. The highest BCUT2D eigenvalue weighted by Gasteiger charge is 2.13. The number of nitrogens with two attached hydrogens (primary N) is 1. The monoisotopic (exact) mass is 259 g/mol. The van der Waals surface area contributed by atoms with E-state index in [0.29, 0.717) is 23.9 Å². The molecule has 0 aromatic carbocycles. The molecule has 0 atom stereocenters. The van der Waals surface area contributed by atoms with Gasteiger partial charge in [0.05, 0.1) is 19.3 Å². The van der Waals surface area contributed by atoms with Crippen molar-refractivity contribution in [1.82, 2.24) is 15.0 Å². The maximum absolute atomic E-state index is 5.97. The molecule has 2 rings (SSSR count). The number of hydrogen-bond acceptors (Lipinski definition) is 6. The van der Waals surface area contributed by atoms with Crippen molar-refractivity contribution in [1.29, 1.82) is 0 Å². The highest BCUT2D eigenvalue weighted by Crippen LogP contribution is 2.27. The molecular weight excluding hydrogens is 242 g/mol. The summed E-state index contributed by atoms with van der Waals surface area (Å²) in [6.45, 7) is 2.58. The first kappa shape index (κ1) is 13.1. The summed E-state index contributed by atoms with van der Waals surface area (Å²) < 4.78 is 5.09. The number of pyridine rings is 1. The second-order valence-electron chi connectivity index (χ2n) is 4.25. The van der Waals surface area contributed by atoms with Crippen LogP contribution in [0.1, 0.15) is 11.4 Å². The first-order valence-electron chi connectivity index (χ1n) is 5.90. The van der Waals surface area contributed by atoms with E-state index in [4.69, 9.17) is 10.5 Å². The summed E-state index contributed by atoms with van der Waals surface area (Å²) in [5.74, 6) is 1.02. The fraction of sp³-hybridized carbons (Fsp3) is 0.308. The third kappa shape index (κ3) is 2.90. The van der Waals surface area contributed by atoms with Gasteiger partial charge in [-0.1, -0.05) is 6.07 Å². The van der Waals surface area contributed by atoms with Crippen molar-refractivity contribution in [3.63, 3.8) is 0 Å². The molecule has 6 heteroatoms. The van der Waals surface area contributed by atoms with Crippen LogP contribution in [-0.4, -0.2) is 29.1 Å². The molecule has 0 unspecified atom stereocenters. The van der Waals surface area contributed by atoms with Crippen LogP contribution in [0.5, 0.6) is 5.88 Å². The van der Waals surface area contributed by atoms with Crippen molar-refractivity contribution < 1.29 is 4.74 Å². The van der Waals surface area contributed by atoms with Crippen LogP contribution in [0.2, 0.25) is 0 Å². The lowest BCUT2D eigenvalue weighted by atomic mass is 10.3. The number of nitrogen functional groups attached to an aromatic ring is 1. The molecule has 0 saturated heterocycles.